The van der Waals surface area contributed by atoms with Crippen molar-refractivity contribution in [2.24, 2.45) is 0 Å². The molecule has 0 aromatic heterocycles. The second kappa shape index (κ2) is 10.9. The molecule has 0 bridgehead atoms. The first-order chi connectivity index (χ1) is 14.7. The van der Waals surface area contributed by atoms with Crippen molar-refractivity contribution < 1.29 is 14.3 Å². The van der Waals surface area contributed by atoms with E-state index in [-0.39, 0.29) is 5.91 Å². The van der Waals surface area contributed by atoms with Crippen molar-refractivity contribution in [1.82, 2.24) is 0 Å². The zero-order chi connectivity index (χ0) is 21.2. The van der Waals surface area contributed by atoms with Gasteiger partial charge in [-0.1, -0.05) is 18.2 Å². The van der Waals surface area contributed by atoms with Gasteiger partial charge in [-0.3, -0.25) is 4.79 Å². The lowest BCUT2D eigenvalue weighted by atomic mass is 10.2. The van der Waals surface area contributed by atoms with Crippen LogP contribution in [0.2, 0.25) is 0 Å². The van der Waals surface area contributed by atoms with Gasteiger partial charge in [-0.05, 0) is 74.5 Å². The highest BCUT2D eigenvalue weighted by atomic mass is 16.5. The van der Waals surface area contributed by atoms with E-state index in [4.69, 9.17) is 9.47 Å². The molecule has 0 unspecified atom stereocenters. The fourth-order valence-electron chi connectivity index (χ4n) is 3.09. The minimum atomic E-state index is -0.149. The summed E-state index contributed by atoms with van der Waals surface area (Å²) in [6, 6.07) is 24.6. The highest BCUT2D eigenvalue weighted by Crippen LogP contribution is 2.19. The molecule has 156 valence electrons. The first-order valence-corrected chi connectivity index (χ1v) is 10.3. The molecule has 0 saturated carbocycles. The summed E-state index contributed by atoms with van der Waals surface area (Å²) < 4.78 is 11.3. The average molecular weight is 405 g/mol. The van der Waals surface area contributed by atoms with Crippen LogP contribution in [0, 0.1) is 0 Å². The van der Waals surface area contributed by atoms with E-state index in [2.05, 4.69) is 24.1 Å². The van der Waals surface area contributed by atoms with Gasteiger partial charge in [0.05, 0.1) is 0 Å². The summed E-state index contributed by atoms with van der Waals surface area (Å²) in [4.78, 5) is 14.8. The lowest BCUT2D eigenvalue weighted by Crippen LogP contribution is -2.21. The molecule has 0 heterocycles. The van der Waals surface area contributed by atoms with Crippen molar-refractivity contribution in [2.75, 3.05) is 36.5 Å². The summed E-state index contributed by atoms with van der Waals surface area (Å²) in [5, 5.41) is 2.93. The van der Waals surface area contributed by atoms with Crippen molar-refractivity contribution in [1.29, 1.82) is 0 Å². The largest absolute Gasteiger partial charge is 0.490 e. The fourth-order valence-corrected chi connectivity index (χ4v) is 3.09. The van der Waals surface area contributed by atoms with E-state index in [1.165, 1.54) is 0 Å². The molecule has 0 saturated heterocycles. The quantitative estimate of drug-likeness (QED) is 0.469. The first kappa shape index (κ1) is 21.2. The van der Waals surface area contributed by atoms with Gasteiger partial charge < -0.3 is 19.7 Å². The Morgan fingerprint density at radius 3 is 1.90 bits per heavy atom. The monoisotopic (exact) mass is 404 g/mol. The van der Waals surface area contributed by atoms with E-state index < -0.39 is 0 Å². The average Bonchev–Trinajstić information content (AvgIpc) is 2.80. The third-order valence-electron chi connectivity index (χ3n) is 4.73. The van der Waals surface area contributed by atoms with Crippen LogP contribution < -0.4 is 19.7 Å². The van der Waals surface area contributed by atoms with Gasteiger partial charge in [0.1, 0.15) is 24.7 Å². The van der Waals surface area contributed by atoms with Crippen LogP contribution in [0.1, 0.15) is 24.2 Å². The summed E-state index contributed by atoms with van der Waals surface area (Å²) in [5.74, 6) is 1.37. The molecule has 0 radical (unpaired) electrons. The molecule has 1 amide bonds. The maximum atomic E-state index is 12.5. The number of hydrogen-bond donors (Lipinski definition) is 1. The Balaban J connectivity index is 1.47. The smallest absolute Gasteiger partial charge is 0.255 e. The predicted octanol–water partition coefficient (Wildman–Crippen LogP) is 5.24. The normalized spacial score (nSPS) is 10.3. The van der Waals surface area contributed by atoms with Gasteiger partial charge in [-0.15, -0.1) is 0 Å². The summed E-state index contributed by atoms with van der Waals surface area (Å²) in [5.41, 5.74) is 2.50. The molecule has 5 heteroatoms. The van der Waals surface area contributed by atoms with E-state index in [0.29, 0.717) is 24.5 Å². The Hall–Kier alpha value is -3.47. The summed E-state index contributed by atoms with van der Waals surface area (Å²) in [6.45, 7) is 7.05. The minimum Gasteiger partial charge on any atom is -0.490 e. The van der Waals surface area contributed by atoms with Gasteiger partial charge in [0, 0.05) is 30.0 Å². The standard InChI is InChI=1S/C25H28N2O3/c1-3-27(4-2)22-14-12-21(13-15-22)26-25(28)20-10-16-24(17-11-20)30-19-18-29-23-8-6-5-7-9-23/h5-17H,3-4,18-19H2,1-2H3,(H,26,28). The zero-order valence-corrected chi connectivity index (χ0v) is 17.5. The van der Waals surface area contributed by atoms with Gasteiger partial charge in [-0.25, -0.2) is 0 Å². The van der Waals surface area contributed by atoms with Crippen molar-refractivity contribution in [3.63, 3.8) is 0 Å². The second-order valence-electron chi connectivity index (χ2n) is 6.71. The predicted molar refractivity (Wildman–Crippen MR) is 122 cm³/mol. The number of carbonyl (C=O) groups is 1. The van der Waals surface area contributed by atoms with Gasteiger partial charge >= 0.3 is 0 Å². The van der Waals surface area contributed by atoms with Crippen LogP contribution in [0.4, 0.5) is 11.4 Å². The molecule has 0 aliphatic rings. The van der Waals surface area contributed by atoms with Gasteiger partial charge in [0.15, 0.2) is 0 Å². The topological polar surface area (TPSA) is 50.8 Å². The van der Waals surface area contributed by atoms with E-state index in [1.807, 2.05) is 54.6 Å². The van der Waals surface area contributed by atoms with E-state index >= 15 is 0 Å². The van der Waals surface area contributed by atoms with E-state index in [9.17, 15) is 4.79 Å². The van der Waals surface area contributed by atoms with Crippen LogP contribution in [0.25, 0.3) is 0 Å². The molecular formula is C25H28N2O3. The van der Waals surface area contributed by atoms with E-state index in [1.54, 1.807) is 24.3 Å². The zero-order valence-electron chi connectivity index (χ0n) is 17.5. The number of carbonyl (C=O) groups excluding carboxylic acids is 1. The molecule has 0 atom stereocenters. The Labute approximate surface area is 178 Å². The van der Waals surface area contributed by atoms with Crippen molar-refractivity contribution in [2.45, 2.75) is 13.8 Å². The van der Waals surface area contributed by atoms with Crippen LogP contribution >= 0.6 is 0 Å². The number of anilines is 2. The number of benzene rings is 3. The Morgan fingerprint density at radius 2 is 1.33 bits per heavy atom. The Morgan fingerprint density at radius 1 is 0.767 bits per heavy atom. The third kappa shape index (κ3) is 6.01. The maximum absolute atomic E-state index is 12.5. The van der Waals surface area contributed by atoms with Crippen molar-refractivity contribution in [3.05, 3.63) is 84.4 Å². The molecule has 5 nitrogen and oxygen atoms in total. The number of para-hydroxylation sites is 1. The van der Waals surface area contributed by atoms with Crippen LogP contribution in [0.15, 0.2) is 78.9 Å². The fraction of sp³-hybridized carbons (Fsp3) is 0.240. The van der Waals surface area contributed by atoms with Crippen LogP contribution in [0.3, 0.4) is 0 Å². The maximum Gasteiger partial charge on any atom is 0.255 e. The number of nitrogens with zero attached hydrogens (tertiary/aromatic N) is 1. The Kier molecular flexibility index (Phi) is 7.72. The van der Waals surface area contributed by atoms with Gasteiger partial charge in [0.25, 0.3) is 5.91 Å². The third-order valence-corrected chi connectivity index (χ3v) is 4.73. The number of hydrogen-bond acceptors (Lipinski definition) is 4. The van der Waals surface area contributed by atoms with Crippen molar-refractivity contribution >= 4 is 17.3 Å². The molecule has 3 aromatic rings. The summed E-state index contributed by atoms with van der Waals surface area (Å²) in [7, 11) is 0. The van der Waals surface area contributed by atoms with E-state index in [0.717, 1.165) is 30.2 Å². The highest BCUT2D eigenvalue weighted by molar-refractivity contribution is 6.04. The summed E-state index contributed by atoms with van der Waals surface area (Å²) in [6.07, 6.45) is 0. The lowest BCUT2D eigenvalue weighted by Gasteiger charge is -2.21. The molecule has 0 aliphatic heterocycles. The van der Waals surface area contributed by atoms with Gasteiger partial charge in [0.2, 0.25) is 0 Å². The molecule has 0 aliphatic carbocycles. The SMILES string of the molecule is CCN(CC)c1ccc(NC(=O)c2ccc(OCCOc3ccccc3)cc2)cc1. The number of rotatable bonds is 10. The molecular weight excluding hydrogens is 376 g/mol. The number of ether oxygens (including phenoxy) is 2. The number of nitrogens with one attached hydrogen (secondary N) is 1. The van der Waals surface area contributed by atoms with Gasteiger partial charge in [-0.2, -0.15) is 0 Å². The first-order valence-electron chi connectivity index (χ1n) is 10.3. The van der Waals surface area contributed by atoms with Crippen LogP contribution in [-0.4, -0.2) is 32.2 Å². The van der Waals surface area contributed by atoms with Crippen molar-refractivity contribution in [3.8, 4) is 11.5 Å². The number of amides is 1. The lowest BCUT2D eigenvalue weighted by molar-refractivity contribution is 0.102. The molecule has 3 rings (SSSR count). The molecule has 30 heavy (non-hydrogen) atoms. The second-order valence-corrected chi connectivity index (χ2v) is 6.71. The molecule has 1 N–H and O–H groups in total. The molecule has 0 spiro atoms. The summed E-state index contributed by atoms with van der Waals surface area (Å²) >= 11 is 0. The molecule has 3 aromatic carbocycles. The highest BCUT2D eigenvalue weighted by Gasteiger charge is 2.07. The van der Waals surface area contributed by atoms with Crippen LogP contribution in [0.5, 0.6) is 11.5 Å². The van der Waals surface area contributed by atoms with Crippen LogP contribution in [-0.2, 0) is 0 Å². The Bertz CT molecular complexity index is 905. The minimum absolute atomic E-state index is 0.149. The molecule has 0 fully saturated rings.